The number of esters is 1. The van der Waals surface area contributed by atoms with Gasteiger partial charge in [-0.25, -0.2) is 13.2 Å². The zero-order valence-electron chi connectivity index (χ0n) is 14.9. The topological polar surface area (TPSA) is 89.5 Å². The van der Waals surface area contributed by atoms with Crippen LogP contribution in [0.15, 0.2) is 64.4 Å². The molecule has 2 rings (SSSR count). The summed E-state index contributed by atoms with van der Waals surface area (Å²) < 4.78 is 27.7. The van der Waals surface area contributed by atoms with Crippen molar-refractivity contribution < 1.29 is 22.7 Å². The zero-order chi connectivity index (χ0) is 19.7. The number of thioether (sulfide) groups is 1. The lowest BCUT2D eigenvalue weighted by Gasteiger charge is -2.07. The van der Waals surface area contributed by atoms with E-state index in [1.807, 2.05) is 30.3 Å². The van der Waals surface area contributed by atoms with E-state index < -0.39 is 15.8 Å². The number of amides is 1. The van der Waals surface area contributed by atoms with Crippen LogP contribution >= 0.6 is 11.8 Å². The molecule has 144 valence electrons. The quantitative estimate of drug-likeness (QED) is 0.390. The van der Waals surface area contributed by atoms with Crippen molar-refractivity contribution in [3.05, 3.63) is 60.2 Å². The molecule has 0 heterocycles. The van der Waals surface area contributed by atoms with Gasteiger partial charge in [-0.2, -0.15) is 0 Å². The number of sulfone groups is 1. The van der Waals surface area contributed by atoms with Crippen LogP contribution in [0.2, 0.25) is 0 Å². The highest BCUT2D eigenvalue weighted by Crippen LogP contribution is 2.17. The van der Waals surface area contributed by atoms with Crippen LogP contribution in [-0.2, 0) is 19.4 Å². The molecule has 2 aromatic rings. The molecule has 2 aromatic carbocycles. The highest BCUT2D eigenvalue weighted by Gasteiger charge is 2.12. The maximum absolute atomic E-state index is 11.9. The Kier molecular flexibility index (Phi) is 7.87. The highest BCUT2D eigenvalue weighted by molar-refractivity contribution is 7.99. The molecule has 0 bridgehead atoms. The number of nitrogens with one attached hydrogen (secondary N) is 1. The molecule has 6 nitrogen and oxygen atoms in total. The number of rotatable bonds is 9. The molecule has 1 amide bonds. The molecule has 0 saturated carbocycles. The van der Waals surface area contributed by atoms with Gasteiger partial charge in [-0.15, -0.1) is 11.8 Å². The zero-order valence-corrected chi connectivity index (χ0v) is 16.5. The fourth-order valence-electron chi connectivity index (χ4n) is 2.11. The van der Waals surface area contributed by atoms with Gasteiger partial charge in [-0.3, -0.25) is 4.79 Å². The van der Waals surface area contributed by atoms with Crippen molar-refractivity contribution >= 4 is 33.5 Å². The lowest BCUT2D eigenvalue weighted by molar-refractivity contribution is -0.124. The predicted molar refractivity (Wildman–Crippen MR) is 105 cm³/mol. The van der Waals surface area contributed by atoms with E-state index in [0.29, 0.717) is 6.54 Å². The first-order chi connectivity index (χ1) is 12.9. The Bertz CT molecular complexity index is 865. The van der Waals surface area contributed by atoms with Gasteiger partial charge >= 0.3 is 5.97 Å². The van der Waals surface area contributed by atoms with Gasteiger partial charge in [0.2, 0.25) is 0 Å². The number of hydrogen-bond donors (Lipinski definition) is 1. The Morgan fingerprint density at radius 1 is 1.04 bits per heavy atom. The molecule has 0 atom stereocenters. The van der Waals surface area contributed by atoms with Crippen LogP contribution < -0.4 is 5.32 Å². The van der Waals surface area contributed by atoms with Crippen molar-refractivity contribution in [1.82, 2.24) is 5.32 Å². The number of carbonyl (C=O) groups excluding carboxylic acids is 2. The van der Waals surface area contributed by atoms with Crippen molar-refractivity contribution in [3.8, 4) is 0 Å². The fraction of sp³-hybridized carbons (Fsp3) is 0.263. The average Bonchev–Trinajstić information content (AvgIpc) is 2.66. The van der Waals surface area contributed by atoms with Crippen LogP contribution in [0, 0.1) is 0 Å². The van der Waals surface area contributed by atoms with Gasteiger partial charge in [0, 0.05) is 17.7 Å². The Labute approximate surface area is 163 Å². The first-order valence-corrected chi connectivity index (χ1v) is 11.2. The van der Waals surface area contributed by atoms with E-state index in [2.05, 4.69) is 5.32 Å². The minimum Gasteiger partial charge on any atom is -0.452 e. The summed E-state index contributed by atoms with van der Waals surface area (Å²) in [6.45, 7) is 0.123. The summed E-state index contributed by atoms with van der Waals surface area (Å²) in [6.07, 6.45) is 1.88. The number of ether oxygens (including phenoxy) is 1. The molecule has 0 fully saturated rings. The minimum absolute atomic E-state index is 0.116. The molecule has 1 N–H and O–H groups in total. The van der Waals surface area contributed by atoms with E-state index >= 15 is 0 Å². The standard InChI is InChI=1S/C19H21NO5S2/c1-27(23,24)17-10-8-15(9-11-17)19(22)25-14-18(21)20-12-5-13-26-16-6-3-2-4-7-16/h2-4,6-11H,5,12-14H2,1H3,(H,20,21). The van der Waals surface area contributed by atoms with E-state index in [0.717, 1.165) is 18.4 Å². The van der Waals surface area contributed by atoms with Gasteiger partial charge in [-0.1, -0.05) is 18.2 Å². The summed E-state index contributed by atoms with van der Waals surface area (Å²) in [4.78, 5) is 24.9. The average molecular weight is 408 g/mol. The van der Waals surface area contributed by atoms with Gasteiger partial charge < -0.3 is 10.1 Å². The van der Waals surface area contributed by atoms with Crippen LogP contribution in [0.5, 0.6) is 0 Å². The molecule has 8 heteroatoms. The van der Waals surface area contributed by atoms with Crippen molar-refractivity contribution in [2.45, 2.75) is 16.2 Å². The largest absolute Gasteiger partial charge is 0.452 e. The van der Waals surface area contributed by atoms with Crippen LogP contribution in [-0.4, -0.2) is 45.5 Å². The summed E-state index contributed by atoms with van der Waals surface area (Å²) in [5.41, 5.74) is 0.189. The van der Waals surface area contributed by atoms with Gasteiger partial charge in [0.15, 0.2) is 16.4 Å². The van der Waals surface area contributed by atoms with E-state index in [1.54, 1.807) is 11.8 Å². The number of carbonyl (C=O) groups is 2. The van der Waals surface area contributed by atoms with Crippen LogP contribution in [0.4, 0.5) is 0 Å². The van der Waals surface area contributed by atoms with Gasteiger partial charge in [0.1, 0.15) is 0 Å². The molecule has 0 spiro atoms. The second kappa shape index (κ2) is 10.1. The molecule has 0 radical (unpaired) electrons. The summed E-state index contributed by atoms with van der Waals surface area (Å²) >= 11 is 1.71. The highest BCUT2D eigenvalue weighted by atomic mass is 32.2. The third-order valence-corrected chi connectivity index (χ3v) is 5.73. The van der Waals surface area contributed by atoms with Crippen molar-refractivity contribution in [2.75, 3.05) is 25.2 Å². The molecule has 27 heavy (non-hydrogen) atoms. The van der Waals surface area contributed by atoms with E-state index in [1.165, 1.54) is 29.2 Å². The fourth-order valence-corrected chi connectivity index (χ4v) is 3.61. The Morgan fingerprint density at radius 3 is 2.33 bits per heavy atom. The van der Waals surface area contributed by atoms with Crippen LogP contribution in [0.1, 0.15) is 16.8 Å². The van der Waals surface area contributed by atoms with Crippen molar-refractivity contribution in [1.29, 1.82) is 0 Å². The smallest absolute Gasteiger partial charge is 0.338 e. The number of benzene rings is 2. The van der Waals surface area contributed by atoms with Crippen LogP contribution in [0.3, 0.4) is 0 Å². The third-order valence-electron chi connectivity index (χ3n) is 3.51. The minimum atomic E-state index is -3.32. The first-order valence-electron chi connectivity index (χ1n) is 8.28. The van der Waals surface area contributed by atoms with Crippen LogP contribution in [0.25, 0.3) is 0 Å². The maximum atomic E-state index is 11.9. The van der Waals surface area contributed by atoms with E-state index in [-0.39, 0.29) is 23.0 Å². The second-order valence-corrected chi connectivity index (χ2v) is 8.92. The lowest BCUT2D eigenvalue weighted by Crippen LogP contribution is -2.29. The van der Waals surface area contributed by atoms with Gasteiger partial charge in [-0.05, 0) is 48.6 Å². The van der Waals surface area contributed by atoms with E-state index in [9.17, 15) is 18.0 Å². The normalized spacial score (nSPS) is 11.0. The third kappa shape index (κ3) is 7.44. The van der Waals surface area contributed by atoms with Crippen molar-refractivity contribution in [3.63, 3.8) is 0 Å². The predicted octanol–water partition coefficient (Wildman–Crippen LogP) is 2.55. The lowest BCUT2D eigenvalue weighted by atomic mass is 10.2. The Balaban J connectivity index is 1.65. The number of hydrogen-bond acceptors (Lipinski definition) is 6. The summed E-state index contributed by atoms with van der Waals surface area (Å²) in [5, 5.41) is 2.70. The molecule has 0 saturated heterocycles. The van der Waals surface area contributed by atoms with E-state index in [4.69, 9.17) is 4.74 Å². The molecule has 0 unspecified atom stereocenters. The second-order valence-electron chi connectivity index (χ2n) is 5.74. The first kappa shape index (κ1) is 21.0. The summed E-state index contributed by atoms with van der Waals surface area (Å²) in [6, 6.07) is 15.4. The molecule has 0 aliphatic heterocycles. The molecule has 0 aliphatic rings. The SMILES string of the molecule is CS(=O)(=O)c1ccc(C(=O)OCC(=O)NCCCSc2ccccc2)cc1. The monoisotopic (exact) mass is 407 g/mol. The molecule has 0 aromatic heterocycles. The van der Waals surface area contributed by atoms with Crippen molar-refractivity contribution in [2.24, 2.45) is 0 Å². The molecular formula is C19H21NO5S2. The van der Waals surface area contributed by atoms with Gasteiger partial charge in [0.25, 0.3) is 5.91 Å². The molecular weight excluding hydrogens is 386 g/mol. The summed E-state index contributed by atoms with van der Waals surface area (Å²) in [5.74, 6) is -0.179. The maximum Gasteiger partial charge on any atom is 0.338 e. The Morgan fingerprint density at radius 2 is 1.70 bits per heavy atom. The Hall–Kier alpha value is -2.32. The molecule has 0 aliphatic carbocycles. The van der Waals surface area contributed by atoms with Gasteiger partial charge in [0.05, 0.1) is 10.5 Å². The summed E-state index contributed by atoms with van der Waals surface area (Å²) in [7, 11) is -3.32.